The number of hydrogen-bond acceptors (Lipinski definition) is 3. The van der Waals surface area contributed by atoms with Gasteiger partial charge in [0.25, 0.3) is 0 Å². The molecular weight excluding hydrogens is 221 g/mol. The van der Waals surface area contributed by atoms with E-state index in [1.54, 1.807) is 0 Å². The van der Waals surface area contributed by atoms with Gasteiger partial charge in [0, 0.05) is 12.1 Å². The summed E-state index contributed by atoms with van der Waals surface area (Å²) in [6, 6.07) is -0.310. The molecule has 0 aromatic heterocycles. The molecule has 0 heterocycles. The first-order chi connectivity index (χ1) is 7.09. The molecule has 4 nitrogen and oxygen atoms in total. The van der Waals surface area contributed by atoms with Crippen molar-refractivity contribution >= 4 is 10.3 Å². The number of rotatable bonds is 3. The first kappa shape index (κ1) is 14.0. The first-order valence-electron chi connectivity index (χ1n) is 5.13. The van der Waals surface area contributed by atoms with Crippen LogP contribution >= 0.6 is 0 Å². The molecule has 84 valence electrons. The van der Waals surface area contributed by atoms with Crippen molar-refractivity contribution in [2.75, 3.05) is 0 Å². The van der Waals surface area contributed by atoms with Gasteiger partial charge in [0.1, 0.15) is 0 Å². The van der Waals surface area contributed by atoms with E-state index in [1.165, 1.54) is 0 Å². The van der Waals surface area contributed by atoms with Gasteiger partial charge >= 0.3 is 18.9 Å². The molecule has 0 spiro atoms. The monoisotopic (exact) mass is 235 g/mol. The Kier molecular flexibility index (Phi) is 4.84. The maximum atomic E-state index is 11.2. The van der Waals surface area contributed by atoms with Crippen LogP contribution in [0.1, 0.15) is 25.7 Å². The van der Waals surface area contributed by atoms with Crippen LogP contribution in [0.3, 0.4) is 0 Å². The van der Waals surface area contributed by atoms with E-state index < -0.39 is 10.3 Å². The molecule has 0 aliphatic heterocycles. The zero-order chi connectivity index (χ0) is 10.9. The molecule has 0 aromatic carbocycles. The van der Waals surface area contributed by atoms with Crippen molar-refractivity contribution in [3.63, 3.8) is 0 Å². The Morgan fingerprint density at radius 3 is 1.50 bits per heavy atom. The Hall–Kier alpha value is -0.0526. The van der Waals surface area contributed by atoms with E-state index in [2.05, 4.69) is 0 Å². The maximum Gasteiger partial charge on any atom is 1.00 e. The molecule has 2 aliphatic rings. The van der Waals surface area contributed by atoms with Gasteiger partial charge < -0.3 is 4.55 Å². The molecule has 2 aliphatic carbocycles. The quantitative estimate of drug-likeness (QED) is 0.329. The Balaban J connectivity index is 0.00000128. The van der Waals surface area contributed by atoms with Crippen LogP contribution in [0.5, 0.6) is 0 Å². The zero-order valence-corrected chi connectivity index (χ0v) is 10.2. The molecule has 0 saturated carbocycles. The van der Waals surface area contributed by atoms with E-state index in [1.807, 2.05) is 24.3 Å². The summed E-state index contributed by atoms with van der Waals surface area (Å²) in [5, 5.41) is 0. The summed E-state index contributed by atoms with van der Waals surface area (Å²) in [7, 11) is -4.33. The molecule has 16 heavy (non-hydrogen) atoms. The van der Waals surface area contributed by atoms with Crippen molar-refractivity contribution < 1.29 is 31.8 Å². The normalized spacial score (nSPS) is 21.9. The predicted octanol–water partition coefficient (Wildman–Crippen LogP) is -1.81. The van der Waals surface area contributed by atoms with Gasteiger partial charge in [0.2, 0.25) is 0 Å². The minimum Gasteiger partial charge on any atom is -0.735 e. The first-order valence-corrected chi connectivity index (χ1v) is 6.50. The SMILES string of the molecule is O=S(=O)([O-])N(C1CC=CC1)C1CC=CC1.[Li+]. The van der Waals surface area contributed by atoms with Gasteiger partial charge in [-0.05, 0) is 25.7 Å². The average Bonchev–Trinajstić information content (AvgIpc) is 2.73. The summed E-state index contributed by atoms with van der Waals surface area (Å²) in [6.45, 7) is 0. The molecule has 0 unspecified atom stereocenters. The Bertz CT molecular complexity index is 353. The maximum absolute atomic E-state index is 11.2. The van der Waals surface area contributed by atoms with Crippen molar-refractivity contribution in [3.05, 3.63) is 24.3 Å². The van der Waals surface area contributed by atoms with Gasteiger partial charge in [0.15, 0.2) is 10.3 Å². The average molecular weight is 235 g/mol. The van der Waals surface area contributed by atoms with Crippen LogP contribution < -0.4 is 18.9 Å². The molecule has 0 fully saturated rings. The van der Waals surface area contributed by atoms with Crippen LogP contribution in [-0.4, -0.2) is 29.4 Å². The summed E-state index contributed by atoms with van der Waals surface area (Å²) in [6.07, 6.45) is 10.4. The minimum absolute atomic E-state index is 0. The largest absolute Gasteiger partial charge is 1.00 e. The number of nitrogens with zero attached hydrogens (tertiary/aromatic N) is 1. The molecule has 0 amide bonds. The van der Waals surface area contributed by atoms with Crippen molar-refractivity contribution in [3.8, 4) is 0 Å². The van der Waals surface area contributed by atoms with Gasteiger partial charge in [-0.1, -0.05) is 24.3 Å². The van der Waals surface area contributed by atoms with Crippen molar-refractivity contribution in [2.45, 2.75) is 37.8 Å². The van der Waals surface area contributed by atoms with Crippen molar-refractivity contribution in [2.24, 2.45) is 0 Å². The zero-order valence-electron chi connectivity index (χ0n) is 9.37. The summed E-state index contributed by atoms with van der Waals surface area (Å²) in [5.74, 6) is 0. The molecule has 2 rings (SSSR count). The Morgan fingerprint density at radius 1 is 0.938 bits per heavy atom. The smallest absolute Gasteiger partial charge is 0.735 e. The third-order valence-electron chi connectivity index (χ3n) is 2.94. The van der Waals surface area contributed by atoms with Crippen molar-refractivity contribution in [1.29, 1.82) is 0 Å². The molecule has 0 saturated heterocycles. The fourth-order valence-corrected chi connectivity index (χ4v) is 3.36. The van der Waals surface area contributed by atoms with Gasteiger partial charge in [-0.25, -0.2) is 12.7 Å². The van der Waals surface area contributed by atoms with Crippen molar-refractivity contribution in [1.82, 2.24) is 4.31 Å². The fourth-order valence-electron chi connectivity index (χ4n) is 2.28. The molecular formula is C10H14LiNO3S. The van der Waals surface area contributed by atoms with E-state index in [-0.39, 0.29) is 30.9 Å². The van der Waals surface area contributed by atoms with E-state index in [4.69, 9.17) is 0 Å². The second kappa shape index (κ2) is 5.52. The second-order valence-corrected chi connectivity index (χ2v) is 5.26. The molecule has 0 N–H and O–H groups in total. The summed E-state index contributed by atoms with van der Waals surface area (Å²) in [5.41, 5.74) is 0. The van der Waals surface area contributed by atoms with Crippen LogP contribution in [0.25, 0.3) is 0 Å². The standard InChI is InChI=1S/C10H15NO3S.Li/c12-15(13,14)11(9-5-1-2-6-9)10-7-3-4-8-10;/h1-4,9-10H,5-8H2,(H,12,13,14);/q;+1/p-1. The van der Waals surface area contributed by atoms with Crippen LogP contribution in [0, 0.1) is 0 Å². The summed E-state index contributed by atoms with van der Waals surface area (Å²) in [4.78, 5) is 0. The molecule has 0 aromatic rings. The van der Waals surface area contributed by atoms with E-state index >= 15 is 0 Å². The Labute approximate surface area is 108 Å². The van der Waals surface area contributed by atoms with Crippen LogP contribution in [0.15, 0.2) is 24.3 Å². The summed E-state index contributed by atoms with van der Waals surface area (Å²) < 4.78 is 34.8. The van der Waals surface area contributed by atoms with Gasteiger partial charge in [-0.3, -0.25) is 0 Å². The molecule has 0 bridgehead atoms. The van der Waals surface area contributed by atoms with E-state index in [0.29, 0.717) is 25.7 Å². The third kappa shape index (κ3) is 2.99. The molecule has 0 atom stereocenters. The fraction of sp³-hybridized carbons (Fsp3) is 0.600. The predicted molar refractivity (Wildman–Crippen MR) is 55.9 cm³/mol. The minimum atomic E-state index is -4.33. The Morgan fingerprint density at radius 2 is 1.25 bits per heavy atom. The van der Waals surface area contributed by atoms with Gasteiger partial charge in [-0.15, -0.1) is 0 Å². The van der Waals surface area contributed by atoms with Crippen LogP contribution in [0.2, 0.25) is 0 Å². The van der Waals surface area contributed by atoms with Gasteiger partial charge in [-0.2, -0.15) is 0 Å². The molecule has 6 heteroatoms. The molecule has 0 radical (unpaired) electrons. The third-order valence-corrected chi connectivity index (χ3v) is 4.06. The van der Waals surface area contributed by atoms with Gasteiger partial charge in [0.05, 0.1) is 0 Å². The van der Waals surface area contributed by atoms with Crippen LogP contribution in [-0.2, 0) is 10.3 Å². The van der Waals surface area contributed by atoms with E-state index in [0.717, 1.165) is 4.31 Å². The second-order valence-electron chi connectivity index (χ2n) is 3.98. The van der Waals surface area contributed by atoms with Crippen LogP contribution in [0.4, 0.5) is 0 Å². The van der Waals surface area contributed by atoms with E-state index in [9.17, 15) is 13.0 Å². The number of hydrogen-bond donors (Lipinski definition) is 0. The topological polar surface area (TPSA) is 60.4 Å². The summed E-state index contributed by atoms with van der Waals surface area (Å²) >= 11 is 0.